The summed E-state index contributed by atoms with van der Waals surface area (Å²) in [6.45, 7) is 2.21. The van der Waals surface area contributed by atoms with Crippen molar-refractivity contribution >= 4 is 34.8 Å². The van der Waals surface area contributed by atoms with E-state index in [1.807, 2.05) is 36.6 Å². The molecule has 1 atom stereocenters. The highest BCUT2D eigenvalue weighted by Crippen LogP contribution is 2.17. The molecular formula is C16H17ClN2O2S. The third-order valence-electron chi connectivity index (χ3n) is 3.11. The molecule has 2 aromatic rings. The molecule has 2 N–H and O–H groups in total. The molecule has 0 saturated carbocycles. The van der Waals surface area contributed by atoms with Crippen LogP contribution < -0.4 is 10.6 Å². The summed E-state index contributed by atoms with van der Waals surface area (Å²) in [6.07, 6.45) is 0.238. The van der Waals surface area contributed by atoms with E-state index in [9.17, 15) is 9.59 Å². The predicted molar refractivity (Wildman–Crippen MR) is 89.3 cm³/mol. The molecule has 1 aromatic carbocycles. The summed E-state index contributed by atoms with van der Waals surface area (Å²) in [5, 5.41) is 8.10. The Bertz CT molecular complexity index is 643. The standard InChI is InChI=1S/C16H17ClN2O2S/c1-11(12-4-2-5-13(17)10-12)19-15(20)7-8-18-16(21)14-6-3-9-22-14/h2-6,9-11H,7-8H2,1H3,(H,18,21)(H,19,20)/t11-/m0/s1. The largest absolute Gasteiger partial charge is 0.351 e. The van der Waals surface area contributed by atoms with Crippen LogP contribution in [-0.2, 0) is 4.79 Å². The van der Waals surface area contributed by atoms with Gasteiger partial charge in [0.1, 0.15) is 0 Å². The molecule has 0 aliphatic rings. The SMILES string of the molecule is C[C@H](NC(=O)CCNC(=O)c1cccs1)c1cccc(Cl)c1. The van der Waals surface area contributed by atoms with Crippen molar-refractivity contribution in [2.24, 2.45) is 0 Å². The van der Waals surface area contributed by atoms with E-state index in [1.165, 1.54) is 11.3 Å². The first kappa shape index (κ1) is 16.5. The molecule has 2 amide bonds. The monoisotopic (exact) mass is 336 g/mol. The lowest BCUT2D eigenvalue weighted by atomic mass is 10.1. The number of rotatable bonds is 6. The van der Waals surface area contributed by atoms with Crippen molar-refractivity contribution in [2.75, 3.05) is 6.54 Å². The number of amides is 2. The van der Waals surface area contributed by atoms with Gasteiger partial charge in [-0.1, -0.05) is 29.8 Å². The van der Waals surface area contributed by atoms with E-state index >= 15 is 0 Å². The maximum atomic E-state index is 11.9. The Balaban J connectivity index is 1.75. The second-order valence-corrected chi connectivity index (χ2v) is 6.21. The first-order valence-electron chi connectivity index (χ1n) is 6.93. The molecule has 0 radical (unpaired) electrons. The van der Waals surface area contributed by atoms with Crippen LogP contribution in [0.25, 0.3) is 0 Å². The van der Waals surface area contributed by atoms with Crippen LogP contribution in [0, 0.1) is 0 Å². The van der Waals surface area contributed by atoms with Crippen molar-refractivity contribution in [3.05, 3.63) is 57.2 Å². The van der Waals surface area contributed by atoms with Gasteiger partial charge in [0.25, 0.3) is 5.91 Å². The van der Waals surface area contributed by atoms with E-state index in [0.717, 1.165) is 5.56 Å². The van der Waals surface area contributed by atoms with Gasteiger partial charge in [-0.3, -0.25) is 9.59 Å². The molecule has 116 valence electrons. The number of carbonyl (C=O) groups is 2. The molecule has 0 fully saturated rings. The first-order chi connectivity index (χ1) is 10.6. The summed E-state index contributed by atoms with van der Waals surface area (Å²) >= 11 is 7.31. The zero-order valence-corrected chi connectivity index (χ0v) is 13.7. The van der Waals surface area contributed by atoms with E-state index < -0.39 is 0 Å². The molecule has 0 bridgehead atoms. The number of benzene rings is 1. The fourth-order valence-electron chi connectivity index (χ4n) is 1.96. The fraction of sp³-hybridized carbons (Fsp3) is 0.250. The Labute approximate surface area is 138 Å². The van der Waals surface area contributed by atoms with Crippen molar-refractivity contribution in [2.45, 2.75) is 19.4 Å². The molecular weight excluding hydrogens is 320 g/mol. The molecule has 4 nitrogen and oxygen atoms in total. The van der Waals surface area contributed by atoms with E-state index in [4.69, 9.17) is 11.6 Å². The topological polar surface area (TPSA) is 58.2 Å². The van der Waals surface area contributed by atoms with Gasteiger partial charge >= 0.3 is 0 Å². The van der Waals surface area contributed by atoms with Gasteiger partial charge in [-0.2, -0.15) is 0 Å². The van der Waals surface area contributed by atoms with Crippen LogP contribution in [-0.4, -0.2) is 18.4 Å². The normalized spacial score (nSPS) is 11.7. The van der Waals surface area contributed by atoms with Crippen molar-refractivity contribution in [1.29, 1.82) is 0 Å². The Kier molecular flexibility index (Phi) is 5.98. The maximum absolute atomic E-state index is 11.9. The van der Waals surface area contributed by atoms with Crippen LogP contribution in [0.4, 0.5) is 0 Å². The minimum absolute atomic E-state index is 0.112. The van der Waals surface area contributed by atoms with Gasteiger partial charge in [0.2, 0.25) is 5.91 Å². The lowest BCUT2D eigenvalue weighted by molar-refractivity contribution is -0.121. The van der Waals surface area contributed by atoms with Crippen molar-refractivity contribution in [1.82, 2.24) is 10.6 Å². The number of carbonyl (C=O) groups excluding carboxylic acids is 2. The highest BCUT2D eigenvalue weighted by Gasteiger charge is 2.11. The van der Waals surface area contributed by atoms with Crippen LogP contribution in [0.2, 0.25) is 5.02 Å². The van der Waals surface area contributed by atoms with Gasteiger partial charge in [-0.25, -0.2) is 0 Å². The quantitative estimate of drug-likeness (QED) is 0.849. The first-order valence-corrected chi connectivity index (χ1v) is 8.18. The van der Waals surface area contributed by atoms with Gasteiger partial charge in [-0.05, 0) is 36.1 Å². The third kappa shape index (κ3) is 4.86. The van der Waals surface area contributed by atoms with E-state index in [-0.39, 0.29) is 24.3 Å². The lowest BCUT2D eigenvalue weighted by Gasteiger charge is -2.14. The van der Waals surface area contributed by atoms with Crippen LogP contribution in [0.15, 0.2) is 41.8 Å². The molecule has 0 aliphatic carbocycles. The molecule has 1 heterocycles. The molecule has 0 unspecified atom stereocenters. The molecule has 0 aliphatic heterocycles. The summed E-state index contributed by atoms with van der Waals surface area (Å²) in [5.41, 5.74) is 0.948. The number of hydrogen-bond acceptors (Lipinski definition) is 3. The van der Waals surface area contributed by atoms with Crippen LogP contribution in [0.3, 0.4) is 0 Å². The Morgan fingerprint density at radius 1 is 1.27 bits per heavy atom. The summed E-state index contributed by atoms with van der Waals surface area (Å²) in [7, 11) is 0. The average molecular weight is 337 g/mol. The number of nitrogens with one attached hydrogen (secondary N) is 2. The molecule has 1 aromatic heterocycles. The van der Waals surface area contributed by atoms with Gasteiger partial charge < -0.3 is 10.6 Å². The Morgan fingerprint density at radius 3 is 2.77 bits per heavy atom. The van der Waals surface area contributed by atoms with Gasteiger partial charge in [0.05, 0.1) is 10.9 Å². The zero-order valence-electron chi connectivity index (χ0n) is 12.1. The Hall–Kier alpha value is -1.85. The summed E-state index contributed by atoms with van der Waals surface area (Å²) < 4.78 is 0. The van der Waals surface area contributed by atoms with Crippen molar-refractivity contribution < 1.29 is 9.59 Å². The van der Waals surface area contributed by atoms with E-state index in [0.29, 0.717) is 16.4 Å². The second kappa shape index (κ2) is 7.96. The van der Waals surface area contributed by atoms with Crippen LogP contribution in [0.5, 0.6) is 0 Å². The van der Waals surface area contributed by atoms with Gasteiger partial charge in [0.15, 0.2) is 0 Å². The summed E-state index contributed by atoms with van der Waals surface area (Å²) in [5.74, 6) is -0.260. The highest BCUT2D eigenvalue weighted by molar-refractivity contribution is 7.12. The molecule has 0 spiro atoms. The van der Waals surface area contributed by atoms with E-state index in [1.54, 1.807) is 12.1 Å². The van der Waals surface area contributed by atoms with Crippen LogP contribution in [0.1, 0.15) is 34.6 Å². The smallest absolute Gasteiger partial charge is 0.261 e. The minimum atomic E-state index is -0.148. The third-order valence-corrected chi connectivity index (χ3v) is 4.21. The van der Waals surface area contributed by atoms with Crippen molar-refractivity contribution in [3.8, 4) is 0 Å². The molecule has 6 heteroatoms. The van der Waals surface area contributed by atoms with Crippen molar-refractivity contribution in [3.63, 3.8) is 0 Å². The van der Waals surface area contributed by atoms with Crippen LogP contribution >= 0.6 is 22.9 Å². The predicted octanol–water partition coefficient (Wildman–Crippen LogP) is 3.40. The summed E-state index contributed by atoms with van der Waals surface area (Å²) in [6, 6.07) is 10.8. The molecule has 0 saturated heterocycles. The van der Waals surface area contributed by atoms with E-state index in [2.05, 4.69) is 10.6 Å². The number of thiophene rings is 1. The van der Waals surface area contributed by atoms with Gasteiger partial charge in [-0.15, -0.1) is 11.3 Å². The number of halogens is 1. The average Bonchev–Trinajstić information content (AvgIpc) is 3.01. The fourth-order valence-corrected chi connectivity index (χ4v) is 2.80. The Morgan fingerprint density at radius 2 is 2.09 bits per heavy atom. The number of hydrogen-bond donors (Lipinski definition) is 2. The second-order valence-electron chi connectivity index (χ2n) is 4.83. The zero-order chi connectivity index (χ0) is 15.9. The van der Waals surface area contributed by atoms with Gasteiger partial charge in [0, 0.05) is 18.0 Å². The minimum Gasteiger partial charge on any atom is -0.351 e. The molecule has 2 rings (SSSR count). The molecule has 22 heavy (non-hydrogen) atoms. The lowest BCUT2D eigenvalue weighted by Crippen LogP contribution is -2.31. The summed E-state index contributed by atoms with van der Waals surface area (Å²) in [4.78, 5) is 24.3. The highest BCUT2D eigenvalue weighted by atomic mass is 35.5. The maximum Gasteiger partial charge on any atom is 0.261 e.